The van der Waals surface area contributed by atoms with Crippen molar-refractivity contribution in [2.45, 2.75) is 32.0 Å². The van der Waals surface area contributed by atoms with E-state index in [0.29, 0.717) is 6.04 Å². The molecule has 0 aliphatic carbocycles. The van der Waals surface area contributed by atoms with Gasteiger partial charge in [0.1, 0.15) is 5.66 Å². The molecule has 0 radical (unpaired) electrons. The number of anilines is 1. The Morgan fingerprint density at radius 2 is 1.91 bits per heavy atom. The minimum Gasteiger partial charge on any atom is -0.362 e. The summed E-state index contributed by atoms with van der Waals surface area (Å²) >= 11 is 0. The number of rotatable bonds is 5. The van der Waals surface area contributed by atoms with E-state index in [1.54, 1.807) is 6.20 Å². The number of nitrogens with one attached hydrogen (secondary N) is 2. The van der Waals surface area contributed by atoms with E-state index in [1.807, 2.05) is 42.7 Å². The summed E-state index contributed by atoms with van der Waals surface area (Å²) in [5.41, 5.74) is 2.71. The van der Waals surface area contributed by atoms with Gasteiger partial charge in [0.25, 0.3) is 0 Å². The number of pyridine rings is 1. The van der Waals surface area contributed by atoms with Crippen LogP contribution in [-0.2, 0) is 0 Å². The van der Waals surface area contributed by atoms with Crippen LogP contribution in [0.1, 0.15) is 25.8 Å². The average molecular weight is 306 g/mol. The van der Waals surface area contributed by atoms with Crippen LogP contribution in [0, 0.1) is 0 Å². The summed E-state index contributed by atoms with van der Waals surface area (Å²) in [6.07, 6.45) is 8.54. The quantitative estimate of drug-likeness (QED) is 0.828. The molecule has 0 saturated heterocycles. The summed E-state index contributed by atoms with van der Waals surface area (Å²) in [4.78, 5) is 8.78. The van der Waals surface area contributed by atoms with Crippen molar-refractivity contribution in [3.05, 3.63) is 66.5 Å². The summed E-state index contributed by atoms with van der Waals surface area (Å²) in [5, 5.41) is 7.22. The Balaban J connectivity index is 1.95. The van der Waals surface area contributed by atoms with Crippen LogP contribution in [0.4, 0.5) is 5.69 Å². The molecule has 2 N–H and O–H groups in total. The molecule has 3 rings (SSSR count). The number of aliphatic imine (C=N–C) groups is 1. The molecule has 0 fully saturated rings. The van der Waals surface area contributed by atoms with Crippen molar-refractivity contribution in [1.82, 2.24) is 10.3 Å². The Hall–Kier alpha value is -2.46. The highest BCUT2D eigenvalue weighted by molar-refractivity contribution is 5.79. The molecule has 0 amide bonds. The average Bonchev–Trinajstić information content (AvgIpc) is 2.56. The monoisotopic (exact) mass is 306 g/mol. The minimum absolute atomic E-state index is 0.332. The number of nitrogens with zero attached hydrogens (tertiary/aromatic N) is 2. The predicted octanol–water partition coefficient (Wildman–Crippen LogP) is 3.70. The lowest BCUT2D eigenvalue weighted by atomic mass is 9.98. The molecule has 4 nitrogen and oxygen atoms in total. The van der Waals surface area contributed by atoms with Crippen LogP contribution in [0.2, 0.25) is 0 Å². The Kier molecular flexibility index (Phi) is 4.53. The highest BCUT2D eigenvalue weighted by atomic mass is 15.2. The lowest BCUT2D eigenvalue weighted by Crippen LogP contribution is -2.54. The van der Waals surface area contributed by atoms with Crippen LogP contribution in [-0.4, -0.2) is 22.9 Å². The second-order valence-electron chi connectivity index (χ2n) is 6.05. The van der Waals surface area contributed by atoms with E-state index in [4.69, 9.17) is 0 Å². The molecule has 23 heavy (non-hydrogen) atoms. The van der Waals surface area contributed by atoms with E-state index in [-0.39, 0.29) is 5.66 Å². The molecule has 1 unspecified atom stereocenters. The van der Waals surface area contributed by atoms with E-state index in [2.05, 4.69) is 52.7 Å². The third-order valence-electron chi connectivity index (χ3n) is 3.67. The van der Waals surface area contributed by atoms with Gasteiger partial charge >= 0.3 is 0 Å². The molecule has 2 heterocycles. The highest BCUT2D eigenvalue weighted by Gasteiger charge is 2.30. The van der Waals surface area contributed by atoms with Gasteiger partial charge in [0.15, 0.2) is 0 Å². The first-order valence-electron chi connectivity index (χ1n) is 7.94. The van der Waals surface area contributed by atoms with Gasteiger partial charge in [0.05, 0.1) is 11.4 Å². The van der Waals surface area contributed by atoms with Crippen molar-refractivity contribution in [1.29, 1.82) is 0 Å². The molecular weight excluding hydrogens is 284 g/mol. The molecule has 2 aromatic rings. The van der Waals surface area contributed by atoms with Gasteiger partial charge in [-0.15, -0.1) is 0 Å². The van der Waals surface area contributed by atoms with Gasteiger partial charge < -0.3 is 5.32 Å². The van der Waals surface area contributed by atoms with Crippen LogP contribution < -0.4 is 10.6 Å². The maximum Gasteiger partial charge on any atom is 0.115 e. The Labute approximate surface area is 137 Å². The molecule has 1 aliphatic heterocycles. The van der Waals surface area contributed by atoms with Crippen molar-refractivity contribution in [2.24, 2.45) is 4.99 Å². The molecule has 4 heteroatoms. The van der Waals surface area contributed by atoms with Gasteiger partial charge in [-0.05, 0) is 37.6 Å². The zero-order chi connectivity index (χ0) is 16.1. The molecule has 1 aliphatic rings. The van der Waals surface area contributed by atoms with Crippen molar-refractivity contribution >= 4 is 17.6 Å². The van der Waals surface area contributed by atoms with Gasteiger partial charge in [-0.2, -0.15) is 0 Å². The number of hydrogen-bond acceptors (Lipinski definition) is 4. The molecule has 0 spiro atoms. The SMILES string of the molecule is CC(C)NC1(Nc2cccnc2)C=C(c2ccccc2)N=CC1. The summed E-state index contributed by atoms with van der Waals surface area (Å²) in [6, 6.07) is 14.5. The van der Waals surface area contributed by atoms with Crippen molar-refractivity contribution < 1.29 is 0 Å². The van der Waals surface area contributed by atoms with Crippen molar-refractivity contribution in [3.8, 4) is 0 Å². The van der Waals surface area contributed by atoms with Crippen LogP contribution in [0.5, 0.6) is 0 Å². The molecular formula is C19H22N4. The van der Waals surface area contributed by atoms with E-state index in [9.17, 15) is 0 Å². The third-order valence-corrected chi connectivity index (χ3v) is 3.67. The summed E-state index contributed by atoms with van der Waals surface area (Å²) in [7, 11) is 0. The first-order chi connectivity index (χ1) is 11.2. The Morgan fingerprint density at radius 1 is 1.09 bits per heavy atom. The number of benzene rings is 1. The minimum atomic E-state index is -0.371. The fraction of sp³-hybridized carbons (Fsp3) is 0.263. The van der Waals surface area contributed by atoms with Crippen LogP contribution in [0.3, 0.4) is 0 Å². The van der Waals surface area contributed by atoms with Crippen molar-refractivity contribution in [3.63, 3.8) is 0 Å². The maximum absolute atomic E-state index is 4.58. The third kappa shape index (κ3) is 3.85. The molecule has 118 valence electrons. The van der Waals surface area contributed by atoms with Gasteiger partial charge in [-0.25, -0.2) is 0 Å². The van der Waals surface area contributed by atoms with Gasteiger partial charge in [-0.3, -0.25) is 15.3 Å². The first kappa shape index (κ1) is 15.4. The van der Waals surface area contributed by atoms with E-state index >= 15 is 0 Å². The summed E-state index contributed by atoms with van der Waals surface area (Å²) < 4.78 is 0. The zero-order valence-electron chi connectivity index (χ0n) is 13.5. The summed E-state index contributed by atoms with van der Waals surface area (Å²) in [6.45, 7) is 4.29. The first-order valence-corrected chi connectivity index (χ1v) is 7.94. The standard InChI is InChI=1S/C19H22N4/c1-15(2)22-19(23-17-9-6-11-20-14-17)10-12-21-18(13-19)16-7-4-3-5-8-16/h3-9,11-15,22-23H,10H2,1-2H3. The summed E-state index contributed by atoms with van der Waals surface area (Å²) in [5.74, 6) is 0. The fourth-order valence-corrected chi connectivity index (χ4v) is 2.82. The van der Waals surface area contributed by atoms with Crippen molar-refractivity contribution in [2.75, 3.05) is 5.32 Å². The lowest BCUT2D eigenvalue weighted by Gasteiger charge is -2.37. The lowest BCUT2D eigenvalue weighted by molar-refractivity contribution is 0.419. The molecule has 1 aromatic heterocycles. The smallest absolute Gasteiger partial charge is 0.115 e. The molecule has 0 bridgehead atoms. The largest absolute Gasteiger partial charge is 0.362 e. The second-order valence-corrected chi connectivity index (χ2v) is 6.05. The molecule has 1 aromatic carbocycles. The van der Waals surface area contributed by atoms with Gasteiger partial charge in [0, 0.05) is 31.1 Å². The normalized spacial score (nSPS) is 20.4. The molecule has 0 saturated carbocycles. The van der Waals surface area contributed by atoms with Crippen LogP contribution >= 0.6 is 0 Å². The fourth-order valence-electron chi connectivity index (χ4n) is 2.82. The van der Waals surface area contributed by atoms with Gasteiger partial charge in [0.2, 0.25) is 0 Å². The van der Waals surface area contributed by atoms with Crippen LogP contribution in [0.25, 0.3) is 5.70 Å². The number of hydrogen-bond donors (Lipinski definition) is 2. The van der Waals surface area contributed by atoms with Crippen LogP contribution in [0.15, 0.2) is 65.9 Å². The Morgan fingerprint density at radius 3 is 2.61 bits per heavy atom. The van der Waals surface area contributed by atoms with E-state index in [0.717, 1.165) is 23.4 Å². The zero-order valence-corrected chi connectivity index (χ0v) is 13.5. The second kappa shape index (κ2) is 6.75. The highest BCUT2D eigenvalue weighted by Crippen LogP contribution is 2.27. The van der Waals surface area contributed by atoms with E-state index in [1.165, 1.54) is 0 Å². The van der Waals surface area contributed by atoms with Gasteiger partial charge in [-0.1, -0.05) is 30.3 Å². The van der Waals surface area contributed by atoms with E-state index < -0.39 is 0 Å². The topological polar surface area (TPSA) is 49.3 Å². The maximum atomic E-state index is 4.58. The Bertz CT molecular complexity index is 692. The number of aromatic nitrogens is 1. The molecule has 1 atom stereocenters. The predicted molar refractivity (Wildman–Crippen MR) is 96.4 cm³/mol.